The van der Waals surface area contributed by atoms with Gasteiger partial charge in [-0.1, -0.05) is 41.4 Å². The van der Waals surface area contributed by atoms with Crippen molar-refractivity contribution in [2.45, 2.75) is 12.5 Å². The lowest BCUT2D eigenvalue weighted by atomic mass is 10.1. The molecule has 14 heteroatoms. The van der Waals surface area contributed by atoms with Gasteiger partial charge in [0.15, 0.2) is 0 Å². The minimum Gasteiger partial charge on any atom is -0.453 e. The molecule has 1 atom stereocenters. The molecule has 0 saturated carbocycles. The number of aliphatic imine (C=N–C) groups is 1. The molecule has 0 bridgehead atoms. The van der Waals surface area contributed by atoms with Crippen LogP contribution in [-0.4, -0.2) is 61.5 Å². The SMILES string of the molecule is COC(=O)Nc1ccc(-c2nc(C(CC3=NCC=C3)NC(=O)/C=C/c3cc(Cl)ccc3-n3cnnn3)[nH]c2Cl)cc1. The summed E-state index contributed by atoms with van der Waals surface area (Å²) >= 11 is 12.7. The number of ether oxygens (including phenoxy) is 1. The Kier molecular flexibility index (Phi) is 8.51. The van der Waals surface area contributed by atoms with Crippen LogP contribution in [0.25, 0.3) is 23.0 Å². The zero-order chi connectivity index (χ0) is 28.8. The van der Waals surface area contributed by atoms with Crippen molar-refractivity contribution in [3.63, 3.8) is 0 Å². The number of amides is 2. The van der Waals surface area contributed by atoms with E-state index in [1.807, 2.05) is 12.2 Å². The number of H-pyrrole nitrogens is 1. The number of carbonyl (C=O) groups excluding carboxylic acids is 2. The summed E-state index contributed by atoms with van der Waals surface area (Å²) in [5, 5.41) is 17.6. The summed E-state index contributed by atoms with van der Waals surface area (Å²) in [4.78, 5) is 36.8. The van der Waals surface area contributed by atoms with Crippen molar-refractivity contribution < 1.29 is 14.3 Å². The number of benzene rings is 2. The Morgan fingerprint density at radius 2 is 2.02 bits per heavy atom. The fraction of sp³-hybridized carbons (Fsp3) is 0.148. The van der Waals surface area contributed by atoms with Crippen molar-refractivity contribution in [2.75, 3.05) is 19.0 Å². The monoisotopic (exact) mass is 591 g/mol. The smallest absolute Gasteiger partial charge is 0.411 e. The fourth-order valence-corrected chi connectivity index (χ4v) is 4.53. The number of aromatic nitrogens is 6. The number of aromatic amines is 1. The molecule has 41 heavy (non-hydrogen) atoms. The van der Waals surface area contributed by atoms with Crippen LogP contribution in [0.4, 0.5) is 10.5 Å². The number of tetrazole rings is 1. The number of rotatable bonds is 9. The van der Waals surface area contributed by atoms with E-state index in [1.54, 1.807) is 48.5 Å². The highest BCUT2D eigenvalue weighted by Crippen LogP contribution is 2.30. The number of nitrogens with one attached hydrogen (secondary N) is 3. The molecule has 2 aromatic heterocycles. The van der Waals surface area contributed by atoms with E-state index in [0.29, 0.717) is 57.2 Å². The Hall–Kier alpha value is -4.81. The number of allylic oxidation sites excluding steroid dienone is 1. The van der Waals surface area contributed by atoms with E-state index in [1.165, 1.54) is 24.2 Å². The lowest BCUT2D eigenvalue weighted by Gasteiger charge is -2.15. The van der Waals surface area contributed by atoms with Crippen molar-refractivity contribution in [1.29, 1.82) is 0 Å². The molecule has 0 fully saturated rings. The predicted molar refractivity (Wildman–Crippen MR) is 155 cm³/mol. The van der Waals surface area contributed by atoms with E-state index >= 15 is 0 Å². The third-order valence-corrected chi connectivity index (χ3v) is 6.55. The fourth-order valence-electron chi connectivity index (χ4n) is 4.10. The van der Waals surface area contributed by atoms with Gasteiger partial charge in [0, 0.05) is 40.0 Å². The molecule has 208 valence electrons. The number of nitrogens with zero attached hydrogens (tertiary/aromatic N) is 6. The molecule has 3 N–H and O–H groups in total. The summed E-state index contributed by atoms with van der Waals surface area (Å²) < 4.78 is 6.10. The molecule has 1 unspecified atom stereocenters. The second-order valence-corrected chi connectivity index (χ2v) is 9.58. The van der Waals surface area contributed by atoms with Crippen LogP contribution < -0.4 is 10.6 Å². The Morgan fingerprint density at radius 3 is 2.73 bits per heavy atom. The van der Waals surface area contributed by atoms with Gasteiger partial charge in [0.05, 0.1) is 25.4 Å². The molecule has 0 saturated heterocycles. The van der Waals surface area contributed by atoms with E-state index < -0.39 is 12.1 Å². The minimum atomic E-state index is -0.573. The molecule has 1 aliphatic rings. The highest BCUT2D eigenvalue weighted by Gasteiger charge is 2.22. The summed E-state index contributed by atoms with van der Waals surface area (Å²) in [6.07, 6.45) is 8.17. The quantitative estimate of drug-likeness (QED) is 0.236. The summed E-state index contributed by atoms with van der Waals surface area (Å²) in [5.41, 5.74) is 3.89. The van der Waals surface area contributed by atoms with Crippen LogP contribution in [0.3, 0.4) is 0 Å². The average Bonchev–Trinajstić information content (AvgIpc) is 3.75. The summed E-state index contributed by atoms with van der Waals surface area (Å²) in [5.74, 6) is 0.0937. The van der Waals surface area contributed by atoms with Crippen LogP contribution in [0, 0.1) is 0 Å². The average molecular weight is 592 g/mol. The van der Waals surface area contributed by atoms with Crippen molar-refractivity contribution in [2.24, 2.45) is 4.99 Å². The Morgan fingerprint density at radius 1 is 1.20 bits per heavy atom. The van der Waals surface area contributed by atoms with Crippen LogP contribution in [0.5, 0.6) is 0 Å². The van der Waals surface area contributed by atoms with Crippen LogP contribution >= 0.6 is 23.2 Å². The molecule has 4 aromatic rings. The van der Waals surface area contributed by atoms with Crippen LogP contribution in [0.1, 0.15) is 23.9 Å². The van der Waals surface area contributed by atoms with Crippen molar-refractivity contribution in [1.82, 2.24) is 35.5 Å². The molecular formula is C27H23Cl2N9O3. The van der Waals surface area contributed by atoms with Gasteiger partial charge in [0.2, 0.25) is 5.91 Å². The van der Waals surface area contributed by atoms with Gasteiger partial charge in [-0.15, -0.1) is 5.10 Å². The Bertz CT molecular complexity index is 1640. The third-order valence-electron chi connectivity index (χ3n) is 6.04. The molecule has 12 nitrogen and oxygen atoms in total. The maximum absolute atomic E-state index is 13.1. The first-order chi connectivity index (χ1) is 19.9. The molecule has 0 aliphatic carbocycles. The number of halogens is 2. The number of carbonyl (C=O) groups is 2. The maximum Gasteiger partial charge on any atom is 0.411 e. The van der Waals surface area contributed by atoms with E-state index in [9.17, 15) is 9.59 Å². The van der Waals surface area contributed by atoms with E-state index in [2.05, 4.69) is 40.9 Å². The number of hydrogen-bond acceptors (Lipinski definition) is 8. The lowest BCUT2D eigenvalue weighted by Crippen LogP contribution is -2.29. The largest absolute Gasteiger partial charge is 0.453 e. The van der Waals surface area contributed by atoms with Gasteiger partial charge in [-0.3, -0.25) is 15.1 Å². The molecule has 0 spiro atoms. The predicted octanol–water partition coefficient (Wildman–Crippen LogP) is 4.81. The molecule has 0 radical (unpaired) electrons. The third kappa shape index (κ3) is 6.86. The van der Waals surface area contributed by atoms with E-state index in [0.717, 1.165) is 5.71 Å². The van der Waals surface area contributed by atoms with Gasteiger partial charge in [0.1, 0.15) is 23.0 Å². The molecular weight excluding hydrogens is 569 g/mol. The Labute approximate surface area is 244 Å². The van der Waals surface area contributed by atoms with Gasteiger partial charge < -0.3 is 15.0 Å². The summed E-state index contributed by atoms with van der Waals surface area (Å²) in [6.45, 7) is 0.584. The maximum atomic E-state index is 13.1. The summed E-state index contributed by atoms with van der Waals surface area (Å²) in [7, 11) is 1.29. The number of methoxy groups -OCH3 is 1. The topological polar surface area (TPSA) is 152 Å². The minimum absolute atomic E-state index is 0.303. The molecule has 1 aliphatic heterocycles. The zero-order valence-corrected chi connectivity index (χ0v) is 23.1. The van der Waals surface area contributed by atoms with Gasteiger partial charge in [-0.2, -0.15) is 4.68 Å². The summed E-state index contributed by atoms with van der Waals surface area (Å²) in [6, 6.07) is 11.6. The van der Waals surface area contributed by atoms with Gasteiger partial charge >= 0.3 is 6.09 Å². The first-order valence-electron chi connectivity index (χ1n) is 12.3. The van der Waals surface area contributed by atoms with E-state index in [-0.39, 0.29) is 5.91 Å². The highest BCUT2D eigenvalue weighted by molar-refractivity contribution is 6.32. The van der Waals surface area contributed by atoms with Crippen molar-refractivity contribution in [3.05, 3.63) is 88.6 Å². The lowest BCUT2D eigenvalue weighted by molar-refractivity contribution is -0.117. The van der Waals surface area contributed by atoms with Crippen LogP contribution in [0.2, 0.25) is 10.2 Å². The highest BCUT2D eigenvalue weighted by atomic mass is 35.5. The first-order valence-corrected chi connectivity index (χ1v) is 13.1. The zero-order valence-electron chi connectivity index (χ0n) is 21.6. The Balaban J connectivity index is 1.37. The van der Waals surface area contributed by atoms with Gasteiger partial charge in [-0.05, 0) is 52.9 Å². The van der Waals surface area contributed by atoms with Gasteiger partial charge in [-0.25, -0.2) is 9.78 Å². The van der Waals surface area contributed by atoms with Crippen LogP contribution in [-0.2, 0) is 9.53 Å². The number of hydrogen-bond donors (Lipinski definition) is 3. The molecule has 5 rings (SSSR count). The number of imidazole rings is 1. The van der Waals surface area contributed by atoms with Gasteiger partial charge in [0.25, 0.3) is 0 Å². The second-order valence-electron chi connectivity index (χ2n) is 8.77. The van der Waals surface area contributed by atoms with Crippen molar-refractivity contribution in [3.8, 4) is 16.9 Å². The van der Waals surface area contributed by atoms with E-state index in [4.69, 9.17) is 28.2 Å². The van der Waals surface area contributed by atoms with Crippen molar-refractivity contribution >= 4 is 52.7 Å². The first kappa shape index (κ1) is 27.7. The van der Waals surface area contributed by atoms with Crippen LogP contribution in [0.15, 0.2) is 72.0 Å². The normalized spacial score (nSPS) is 13.3. The molecule has 2 aromatic carbocycles. The second kappa shape index (κ2) is 12.6. The standard InChI is InChI=1S/C27H23Cl2N9O3/c1-41-27(40)32-19-8-4-16(5-9-19)24-25(29)35-26(34-24)21(14-20-3-2-12-30-20)33-23(39)11-6-17-13-18(28)7-10-22(17)38-15-31-36-37-38/h2-11,13,15,21H,12,14H2,1H3,(H,32,40)(H,33,39)(H,34,35)/b11-6+. The number of anilines is 1. The molecule has 3 heterocycles. The molecule has 2 amide bonds.